The van der Waals surface area contributed by atoms with Gasteiger partial charge in [-0.2, -0.15) is 0 Å². The molecule has 0 saturated heterocycles. The van der Waals surface area contributed by atoms with Crippen molar-refractivity contribution in [3.8, 4) is 5.75 Å². The second-order valence-electron chi connectivity index (χ2n) is 9.16. The van der Waals surface area contributed by atoms with E-state index in [2.05, 4.69) is 34.9 Å². The van der Waals surface area contributed by atoms with Crippen LogP contribution in [0.25, 0.3) is 0 Å². The van der Waals surface area contributed by atoms with Crippen LogP contribution in [0, 0.1) is 0 Å². The average molecular weight is 517 g/mol. The monoisotopic (exact) mass is 516 g/mol. The van der Waals surface area contributed by atoms with E-state index in [9.17, 15) is 14.4 Å². The molecule has 0 heterocycles. The summed E-state index contributed by atoms with van der Waals surface area (Å²) in [7, 11) is 0. The summed E-state index contributed by atoms with van der Waals surface area (Å²) >= 11 is 0. The van der Waals surface area contributed by atoms with Crippen LogP contribution in [0.3, 0.4) is 0 Å². The van der Waals surface area contributed by atoms with Gasteiger partial charge in [0.25, 0.3) is 0 Å². The van der Waals surface area contributed by atoms with E-state index in [1.165, 1.54) is 0 Å². The zero-order valence-electron chi connectivity index (χ0n) is 21.8. The molecule has 0 saturated carbocycles. The van der Waals surface area contributed by atoms with Crippen LogP contribution in [0.5, 0.6) is 5.75 Å². The number of benzene rings is 3. The quantitative estimate of drug-likeness (QED) is 0.271. The molecule has 7 heteroatoms. The Kier molecular flexibility index (Phi) is 11.4. The molecular formula is C31H36N2O5. The zero-order valence-corrected chi connectivity index (χ0v) is 21.8. The Morgan fingerprint density at radius 2 is 1.45 bits per heavy atom. The number of rotatable bonds is 15. The lowest BCUT2D eigenvalue weighted by molar-refractivity contribution is -0.139. The van der Waals surface area contributed by atoms with Crippen molar-refractivity contribution in [1.29, 1.82) is 0 Å². The highest BCUT2D eigenvalue weighted by Crippen LogP contribution is 2.27. The first-order chi connectivity index (χ1) is 18.5. The number of carbonyl (C=O) groups is 3. The second-order valence-corrected chi connectivity index (χ2v) is 9.16. The topological polar surface area (TPSA) is 105 Å². The van der Waals surface area contributed by atoms with Crippen molar-refractivity contribution < 1.29 is 24.2 Å². The minimum Gasteiger partial charge on any atom is -0.494 e. The summed E-state index contributed by atoms with van der Waals surface area (Å²) < 4.78 is 5.63. The molecule has 1 atom stereocenters. The average Bonchev–Trinajstić information content (AvgIpc) is 2.94. The molecule has 0 fully saturated rings. The van der Waals surface area contributed by atoms with Crippen LogP contribution in [0.1, 0.15) is 55.2 Å². The predicted molar refractivity (Wildman–Crippen MR) is 147 cm³/mol. The van der Waals surface area contributed by atoms with Crippen molar-refractivity contribution in [2.24, 2.45) is 0 Å². The van der Waals surface area contributed by atoms with Crippen molar-refractivity contribution >= 4 is 17.8 Å². The van der Waals surface area contributed by atoms with E-state index >= 15 is 0 Å². The molecule has 3 aromatic carbocycles. The van der Waals surface area contributed by atoms with Gasteiger partial charge in [0.15, 0.2) is 0 Å². The molecule has 3 N–H and O–H groups in total. The van der Waals surface area contributed by atoms with Gasteiger partial charge in [0.05, 0.1) is 13.0 Å². The molecule has 38 heavy (non-hydrogen) atoms. The van der Waals surface area contributed by atoms with E-state index in [0.29, 0.717) is 19.6 Å². The number of carbonyl (C=O) groups excluding carboxylic acids is 2. The van der Waals surface area contributed by atoms with Crippen LogP contribution in [0.2, 0.25) is 0 Å². The van der Waals surface area contributed by atoms with Crippen LogP contribution in [-0.4, -0.2) is 42.1 Å². The van der Waals surface area contributed by atoms with Gasteiger partial charge in [-0.25, -0.2) is 0 Å². The van der Waals surface area contributed by atoms with Gasteiger partial charge < -0.3 is 20.5 Å². The highest BCUT2D eigenvalue weighted by Gasteiger charge is 2.22. The standard InChI is InChI=1S/C31H36N2O5/c1-2-21-38-26-15-13-23(14-16-26)22-28(33-29(34)17-18-30(35)36)31(37)32-20-19-27(24-9-5-3-6-10-24)25-11-7-4-8-12-25/h3-16,27-28H,2,17-22H2,1H3,(H,32,37)(H,33,34)(H,35,36)/t28-/m0/s1. The summed E-state index contributed by atoms with van der Waals surface area (Å²) in [6.07, 6.45) is 1.39. The Labute approximate surface area is 224 Å². The molecule has 0 spiro atoms. The van der Waals surface area contributed by atoms with E-state index in [0.717, 1.165) is 28.9 Å². The number of aliphatic carboxylic acids is 1. The summed E-state index contributed by atoms with van der Waals surface area (Å²) in [5, 5.41) is 14.6. The molecule has 200 valence electrons. The molecule has 3 aromatic rings. The molecule has 0 aromatic heterocycles. The van der Waals surface area contributed by atoms with Crippen molar-refractivity contribution in [2.45, 2.75) is 51.0 Å². The molecule has 0 aliphatic heterocycles. The molecule has 7 nitrogen and oxygen atoms in total. The molecule has 3 rings (SSSR count). The van der Waals surface area contributed by atoms with Crippen LogP contribution < -0.4 is 15.4 Å². The maximum Gasteiger partial charge on any atom is 0.303 e. The third kappa shape index (κ3) is 9.39. The first-order valence-corrected chi connectivity index (χ1v) is 13.1. The number of hydrogen-bond donors (Lipinski definition) is 3. The van der Waals surface area contributed by atoms with Gasteiger partial charge in [0.1, 0.15) is 11.8 Å². The summed E-state index contributed by atoms with van der Waals surface area (Å²) in [4.78, 5) is 36.5. The lowest BCUT2D eigenvalue weighted by atomic mass is 9.88. The third-order valence-electron chi connectivity index (χ3n) is 6.19. The normalized spacial score (nSPS) is 11.5. The summed E-state index contributed by atoms with van der Waals surface area (Å²) in [6.45, 7) is 3.07. The highest BCUT2D eigenvalue weighted by atomic mass is 16.5. The van der Waals surface area contributed by atoms with Crippen molar-refractivity contribution in [3.63, 3.8) is 0 Å². The Morgan fingerprint density at radius 1 is 0.842 bits per heavy atom. The number of ether oxygens (including phenoxy) is 1. The van der Waals surface area contributed by atoms with E-state index < -0.39 is 17.9 Å². The van der Waals surface area contributed by atoms with Gasteiger partial charge in [-0.05, 0) is 41.7 Å². The van der Waals surface area contributed by atoms with Crippen molar-refractivity contribution in [3.05, 3.63) is 102 Å². The fourth-order valence-electron chi connectivity index (χ4n) is 4.23. The lowest BCUT2D eigenvalue weighted by Gasteiger charge is -2.21. The number of amides is 2. The van der Waals surface area contributed by atoms with Crippen LogP contribution in [0.4, 0.5) is 0 Å². The van der Waals surface area contributed by atoms with Gasteiger partial charge in [-0.3, -0.25) is 14.4 Å². The Hall–Kier alpha value is -4.13. The smallest absolute Gasteiger partial charge is 0.303 e. The first kappa shape index (κ1) is 28.4. The van der Waals surface area contributed by atoms with Gasteiger partial charge in [-0.15, -0.1) is 0 Å². The Bertz CT molecular complexity index is 1110. The molecule has 0 aliphatic rings. The number of carboxylic acids is 1. The molecule has 0 aliphatic carbocycles. The third-order valence-corrected chi connectivity index (χ3v) is 6.19. The SMILES string of the molecule is CCCOc1ccc(C[C@H](NC(=O)CCC(=O)O)C(=O)NCCC(c2ccccc2)c2ccccc2)cc1. The lowest BCUT2D eigenvalue weighted by Crippen LogP contribution is -2.48. The predicted octanol–water partition coefficient (Wildman–Crippen LogP) is 4.71. The van der Waals surface area contributed by atoms with Crippen LogP contribution in [-0.2, 0) is 20.8 Å². The number of carboxylic acid groups (broad SMARTS) is 1. The van der Waals surface area contributed by atoms with Gasteiger partial charge in [0, 0.05) is 25.3 Å². The van der Waals surface area contributed by atoms with E-state index in [1.54, 1.807) is 0 Å². The van der Waals surface area contributed by atoms with E-state index in [-0.39, 0.29) is 31.1 Å². The number of nitrogens with one attached hydrogen (secondary N) is 2. The second kappa shape index (κ2) is 15.2. The zero-order chi connectivity index (χ0) is 27.2. The Balaban J connectivity index is 1.67. The minimum atomic E-state index is -1.06. The molecule has 2 amide bonds. The van der Waals surface area contributed by atoms with E-state index in [1.807, 2.05) is 67.6 Å². The molecule has 0 unspecified atom stereocenters. The van der Waals surface area contributed by atoms with Crippen molar-refractivity contribution in [1.82, 2.24) is 10.6 Å². The van der Waals surface area contributed by atoms with Crippen molar-refractivity contribution in [2.75, 3.05) is 13.2 Å². The summed E-state index contributed by atoms with van der Waals surface area (Å²) in [5.74, 6) is -0.981. The van der Waals surface area contributed by atoms with E-state index in [4.69, 9.17) is 9.84 Å². The van der Waals surface area contributed by atoms with Crippen LogP contribution in [0.15, 0.2) is 84.9 Å². The Morgan fingerprint density at radius 3 is 2.00 bits per heavy atom. The van der Waals surface area contributed by atoms with Gasteiger partial charge in [-0.1, -0.05) is 79.7 Å². The molecular weight excluding hydrogens is 480 g/mol. The highest BCUT2D eigenvalue weighted by molar-refractivity contribution is 5.88. The fraction of sp³-hybridized carbons (Fsp3) is 0.323. The molecule has 0 radical (unpaired) electrons. The maximum atomic E-state index is 13.2. The molecule has 0 bridgehead atoms. The fourth-order valence-corrected chi connectivity index (χ4v) is 4.23. The maximum absolute atomic E-state index is 13.2. The van der Waals surface area contributed by atoms with Gasteiger partial charge >= 0.3 is 5.97 Å². The summed E-state index contributed by atoms with van der Waals surface area (Å²) in [6, 6.07) is 26.9. The van der Waals surface area contributed by atoms with Gasteiger partial charge in [0.2, 0.25) is 11.8 Å². The minimum absolute atomic E-state index is 0.108. The van der Waals surface area contributed by atoms with Crippen LogP contribution >= 0.6 is 0 Å². The number of hydrogen-bond acceptors (Lipinski definition) is 4. The first-order valence-electron chi connectivity index (χ1n) is 13.1. The largest absolute Gasteiger partial charge is 0.494 e. The summed E-state index contributed by atoms with van der Waals surface area (Å²) in [5.41, 5.74) is 3.19.